The van der Waals surface area contributed by atoms with Crippen molar-refractivity contribution in [2.24, 2.45) is 0 Å². The topological polar surface area (TPSA) is 0 Å². The predicted molar refractivity (Wildman–Crippen MR) is 25.1 cm³/mol. The summed E-state index contributed by atoms with van der Waals surface area (Å²) in [7, 11) is -4.58. The Hall–Kier alpha value is -0.203. The van der Waals surface area contributed by atoms with Crippen molar-refractivity contribution in [2.75, 3.05) is 0 Å². The quantitative estimate of drug-likeness (QED) is 0.397. The lowest BCUT2D eigenvalue weighted by Gasteiger charge is -2.16. The molecule has 62 valence electrons. The Bertz CT molecular complexity index is 97.1. The fourth-order valence-electron chi connectivity index (χ4n) is 0.186. The number of halogens is 6. The highest BCUT2D eigenvalue weighted by atomic mass is 28.3. The van der Waals surface area contributed by atoms with Gasteiger partial charge >= 0.3 is 11.6 Å². The molecule has 0 saturated carbocycles. The van der Waals surface area contributed by atoms with Crippen molar-refractivity contribution in [3.05, 3.63) is 0 Å². The first-order chi connectivity index (χ1) is 4.15. The van der Waals surface area contributed by atoms with E-state index < -0.39 is 20.4 Å². The Labute approximate surface area is 54.4 Å². The standard InChI is InChI=1S/C3H4F6Si/c1-10(2(4,5)6)3(7,8)9/h10H,1H3. The maximum atomic E-state index is 11.3. The van der Waals surface area contributed by atoms with Gasteiger partial charge in [-0.1, -0.05) is 6.55 Å². The summed E-state index contributed by atoms with van der Waals surface area (Å²) >= 11 is 0. The van der Waals surface area contributed by atoms with E-state index in [0.29, 0.717) is 0 Å². The highest BCUT2D eigenvalue weighted by molar-refractivity contribution is 6.61. The van der Waals surface area contributed by atoms with E-state index in [0.717, 1.165) is 0 Å². The molecule has 0 unspecified atom stereocenters. The number of hydrogen-bond acceptors (Lipinski definition) is 0. The molecule has 0 aromatic heterocycles. The average Bonchev–Trinajstić information content (AvgIpc) is 1.59. The minimum Gasteiger partial charge on any atom is -0.177 e. The van der Waals surface area contributed by atoms with Crippen LogP contribution in [0.4, 0.5) is 26.3 Å². The van der Waals surface area contributed by atoms with Gasteiger partial charge < -0.3 is 0 Å². The zero-order valence-electron chi connectivity index (χ0n) is 4.85. The van der Waals surface area contributed by atoms with E-state index in [2.05, 4.69) is 0 Å². The van der Waals surface area contributed by atoms with E-state index in [1.807, 2.05) is 0 Å². The molecule has 0 saturated heterocycles. The van der Waals surface area contributed by atoms with Crippen LogP contribution in [0.5, 0.6) is 0 Å². The average molecular weight is 182 g/mol. The summed E-state index contributed by atoms with van der Waals surface area (Å²) in [6.45, 7) is 0.222. The Balaban J connectivity index is 4.23. The van der Waals surface area contributed by atoms with Crippen molar-refractivity contribution in [1.82, 2.24) is 0 Å². The van der Waals surface area contributed by atoms with E-state index in [1.54, 1.807) is 0 Å². The first kappa shape index (κ1) is 9.80. The van der Waals surface area contributed by atoms with Crippen LogP contribution in [0.15, 0.2) is 0 Å². The fraction of sp³-hybridized carbons (Fsp3) is 1.00. The number of hydrogen-bond donors (Lipinski definition) is 0. The lowest BCUT2D eigenvalue weighted by molar-refractivity contribution is -0.103. The summed E-state index contributed by atoms with van der Waals surface area (Å²) in [6.07, 6.45) is 0. The molecule has 0 rings (SSSR count). The van der Waals surface area contributed by atoms with Gasteiger partial charge in [-0.3, -0.25) is 0 Å². The van der Waals surface area contributed by atoms with Gasteiger partial charge in [0.25, 0.3) is 8.80 Å². The Kier molecular flexibility index (Phi) is 2.39. The molecule has 0 aliphatic heterocycles. The van der Waals surface area contributed by atoms with Crippen molar-refractivity contribution in [3.8, 4) is 0 Å². The van der Waals surface area contributed by atoms with Crippen LogP contribution < -0.4 is 0 Å². The number of alkyl halides is 6. The van der Waals surface area contributed by atoms with Crippen molar-refractivity contribution in [3.63, 3.8) is 0 Å². The molecular weight excluding hydrogens is 178 g/mol. The van der Waals surface area contributed by atoms with Gasteiger partial charge in [-0.2, -0.15) is 26.3 Å². The van der Waals surface area contributed by atoms with Crippen LogP contribution in [-0.2, 0) is 0 Å². The zero-order valence-corrected chi connectivity index (χ0v) is 6.00. The summed E-state index contributed by atoms with van der Waals surface area (Å²) in [6, 6.07) is 0. The molecule has 0 atom stereocenters. The van der Waals surface area contributed by atoms with E-state index >= 15 is 0 Å². The molecule has 0 aliphatic rings. The van der Waals surface area contributed by atoms with Crippen LogP contribution in [0, 0.1) is 0 Å². The largest absolute Gasteiger partial charge is 0.368 e. The summed E-state index contributed by atoms with van der Waals surface area (Å²) in [5.41, 5.74) is 0. The molecule has 0 aromatic rings. The summed E-state index contributed by atoms with van der Waals surface area (Å²) < 4.78 is 67.7. The minimum atomic E-state index is -5.04. The van der Waals surface area contributed by atoms with E-state index in [-0.39, 0.29) is 6.55 Å². The molecular formula is C3H4F6Si. The van der Waals surface area contributed by atoms with E-state index in [1.165, 1.54) is 0 Å². The van der Waals surface area contributed by atoms with Gasteiger partial charge in [0.15, 0.2) is 0 Å². The van der Waals surface area contributed by atoms with Gasteiger partial charge in [0.2, 0.25) is 0 Å². The third-order valence-electron chi connectivity index (χ3n) is 0.982. The highest BCUT2D eigenvalue weighted by Gasteiger charge is 2.55. The lowest BCUT2D eigenvalue weighted by atomic mass is 11.5. The smallest absolute Gasteiger partial charge is 0.177 e. The number of rotatable bonds is 0. The molecule has 0 nitrogen and oxygen atoms in total. The van der Waals surface area contributed by atoms with Gasteiger partial charge in [0.05, 0.1) is 0 Å². The van der Waals surface area contributed by atoms with Gasteiger partial charge in [0, 0.05) is 0 Å². The Morgan fingerprint density at radius 1 is 0.800 bits per heavy atom. The summed E-state index contributed by atoms with van der Waals surface area (Å²) in [5.74, 6) is -10.1. The van der Waals surface area contributed by atoms with Crippen molar-refractivity contribution < 1.29 is 26.3 Å². The Morgan fingerprint density at radius 3 is 1.00 bits per heavy atom. The van der Waals surface area contributed by atoms with E-state index in [4.69, 9.17) is 0 Å². The van der Waals surface area contributed by atoms with Crippen molar-refractivity contribution in [1.29, 1.82) is 0 Å². The molecule has 7 heteroatoms. The van der Waals surface area contributed by atoms with Crippen LogP contribution in [0.1, 0.15) is 0 Å². The van der Waals surface area contributed by atoms with Gasteiger partial charge in [-0.15, -0.1) is 0 Å². The monoisotopic (exact) mass is 182 g/mol. The van der Waals surface area contributed by atoms with Crippen molar-refractivity contribution >= 4 is 8.80 Å². The summed E-state index contributed by atoms with van der Waals surface area (Å²) in [4.78, 5) is 0. The SMILES string of the molecule is C[SiH](C(F)(F)F)C(F)(F)F. The van der Waals surface area contributed by atoms with Crippen LogP contribution in [-0.4, -0.2) is 20.4 Å². The maximum absolute atomic E-state index is 11.3. The van der Waals surface area contributed by atoms with Crippen LogP contribution in [0.2, 0.25) is 6.55 Å². The molecule has 0 aromatic carbocycles. The molecule has 0 fully saturated rings. The molecule has 0 spiro atoms. The second kappa shape index (κ2) is 2.44. The predicted octanol–water partition coefficient (Wildman–Crippen LogP) is 2.05. The molecule has 10 heavy (non-hydrogen) atoms. The fourth-order valence-corrected chi connectivity index (χ4v) is 0.557. The minimum absolute atomic E-state index is 0.222. The summed E-state index contributed by atoms with van der Waals surface area (Å²) in [5, 5.41) is 0. The highest BCUT2D eigenvalue weighted by Crippen LogP contribution is 2.31. The first-order valence-electron chi connectivity index (χ1n) is 2.29. The zero-order chi connectivity index (χ0) is 8.58. The molecule has 0 amide bonds. The van der Waals surface area contributed by atoms with E-state index in [9.17, 15) is 26.3 Å². The molecule has 0 bridgehead atoms. The first-order valence-corrected chi connectivity index (χ1v) is 4.60. The molecule has 0 aliphatic carbocycles. The second-order valence-electron chi connectivity index (χ2n) is 1.80. The maximum Gasteiger partial charge on any atom is 0.368 e. The third-order valence-corrected chi connectivity index (χ3v) is 2.95. The molecule has 0 N–H and O–H groups in total. The van der Waals surface area contributed by atoms with Gasteiger partial charge in [0.1, 0.15) is 0 Å². The van der Waals surface area contributed by atoms with Crippen molar-refractivity contribution in [2.45, 2.75) is 18.1 Å². The molecule has 0 heterocycles. The third kappa shape index (κ3) is 2.59. The second-order valence-corrected chi connectivity index (χ2v) is 4.56. The van der Waals surface area contributed by atoms with Gasteiger partial charge in [-0.25, -0.2) is 0 Å². The van der Waals surface area contributed by atoms with Crippen LogP contribution >= 0.6 is 0 Å². The van der Waals surface area contributed by atoms with Gasteiger partial charge in [-0.05, 0) is 0 Å². The lowest BCUT2D eigenvalue weighted by Crippen LogP contribution is -2.44. The normalized spacial score (nSPS) is 14.4. The van der Waals surface area contributed by atoms with Crippen LogP contribution in [0.25, 0.3) is 0 Å². The molecule has 0 radical (unpaired) electrons. The van der Waals surface area contributed by atoms with Crippen LogP contribution in [0.3, 0.4) is 0 Å². The Morgan fingerprint density at radius 2 is 1.00 bits per heavy atom.